The Hall–Kier alpha value is -2.15. The first-order valence-corrected chi connectivity index (χ1v) is 5.82. The molecule has 1 aromatic carbocycles. The number of halogens is 1. The van der Waals surface area contributed by atoms with E-state index in [4.69, 9.17) is 9.84 Å². The lowest BCUT2D eigenvalue weighted by molar-refractivity contribution is -0.148. The van der Waals surface area contributed by atoms with Crippen LogP contribution in [0.15, 0.2) is 18.2 Å². The number of carboxylic acids is 1. The van der Waals surface area contributed by atoms with E-state index in [1.807, 2.05) is 0 Å². The van der Waals surface area contributed by atoms with Gasteiger partial charge in [-0.1, -0.05) is 0 Å². The minimum absolute atomic E-state index is 0.114. The van der Waals surface area contributed by atoms with E-state index in [0.717, 1.165) is 0 Å². The van der Waals surface area contributed by atoms with E-state index in [9.17, 15) is 14.0 Å². The van der Waals surface area contributed by atoms with E-state index < -0.39 is 23.8 Å². The van der Waals surface area contributed by atoms with Crippen molar-refractivity contribution in [2.45, 2.75) is 12.5 Å². The van der Waals surface area contributed by atoms with E-state index in [1.54, 1.807) is 0 Å². The molecule has 0 aliphatic heterocycles. The average molecular weight is 285 g/mol. The molecule has 1 rings (SSSR count). The van der Waals surface area contributed by atoms with E-state index in [1.165, 1.54) is 32.4 Å². The smallest absolute Gasteiger partial charge is 0.334 e. The van der Waals surface area contributed by atoms with Gasteiger partial charge in [0.15, 0.2) is 6.10 Å². The molecule has 110 valence electrons. The molecule has 20 heavy (non-hydrogen) atoms. The summed E-state index contributed by atoms with van der Waals surface area (Å²) in [5.41, 5.74) is 0.384. The normalized spacial score (nSPS) is 11.8. The van der Waals surface area contributed by atoms with Crippen LogP contribution in [0.3, 0.4) is 0 Å². The number of hydrogen-bond donors (Lipinski definition) is 2. The van der Waals surface area contributed by atoms with Crippen LogP contribution in [0.4, 0.5) is 4.39 Å². The number of nitrogens with one attached hydrogen (secondary N) is 1. The van der Waals surface area contributed by atoms with Crippen LogP contribution in [-0.4, -0.2) is 43.9 Å². The highest BCUT2D eigenvalue weighted by Gasteiger charge is 2.18. The van der Waals surface area contributed by atoms with Crippen LogP contribution >= 0.6 is 0 Å². The van der Waals surface area contributed by atoms with Crippen molar-refractivity contribution in [1.29, 1.82) is 0 Å². The molecule has 1 atom stereocenters. The topological polar surface area (TPSA) is 84.9 Å². The zero-order chi connectivity index (χ0) is 15.1. The fourth-order valence-electron chi connectivity index (χ4n) is 1.60. The molecule has 7 heteroatoms. The van der Waals surface area contributed by atoms with E-state index in [-0.39, 0.29) is 13.0 Å². The summed E-state index contributed by atoms with van der Waals surface area (Å²) < 4.78 is 22.8. The van der Waals surface area contributed by atoms with Crippen molar-refractivity contribution in [2.75, 3.05) is 20.8 Å². The number of carbonyl (C=O) groups excluding carboxylic acids is 1. The summed E-state index contributed by atoms with van der Waals surface area (Å²) in [6, 6.07) is 3.85. The summed E-state index contributed by atoms with van der Waals surface area (Å²) in [4.78, 5) is 22.4. The minimum Gasteiger partial charge on any atom is -0.496 e. The minimum atomic E-state index is -1.17. The third-order valence-corrected chi connectivity index (χ3v) is 2.64. The van der Waals surface area contributed by atoms with Gasteiger partial charge in [-0.25, -0.2) is 9.18 Å². The molecule has 0 aliphatic rings. The van der Waals surface area contributed by atoms with Gasteiger partial charge < -0.3 is 19.9 Å². The lowest BCUT2D eigenvalue weighted by atomic mass is 10.1. The van der Waals surface area contributed by atoms with Gasteiger partial charge in [0.2, 0.25) is 5.91 Å². The maximum absolute atomic E-state index is 13.1. The molecule has 6 nitrogen and oxygen atoms in total. The molecule has 1 aromatic rings. The number of ether oxygens (including phenoxy) is 2. The summed E-state index contributed by atoms with van der Waals surface area (Å²) in [7, 11) is 2.65. The Morgan fingerprint density at radius 3 is 2.65 bits per heavy atom. The SMILES string of the molecule is COc1ccc(F)cc1CC(=O)NCC(OC)C(=O)O. The van der Waals surface area contributed by atoms with Gasteiger partial charge in [-0.15, -0.1) is 0 Å². The Morgan fingerprint density at radius 2 is 2.10 bits per heavy atom. The molecular formula is C13H16FNO5. The van der Waals surface area contributed by atoms with Gasteiger partial charge in [-0.05, 0) is 18.2 Å². The summed E-state index contributed by atoms with van der Waals surface area (Å²) >= 11 is 0. The number of carboxylic acid groups (broad SMARTS) is 1. The van der Waals surface area contributed by atoms with E-state index >= 15 is 0 Å². The van der Waals surface area contributed by atoms with Crippen molar-refractivity contribution in [1.82, 2.24) is 5.32 Å². The number of rotatable bonds is 7. The Morgan fingerprint density at radius 1 is 1.40 bits per heavy atom. The standard InChI is InChI=1S/C13H16FNO5/c1-19-10-4-3-9(14)5-8(10)6-12(16)15-7-11(20-2)13(17)18/h3-5,11H,6-7H2,1-2H3,(H,15,16)(H,17,18). The third kappa shape index (κ3) is 4.51. The van der Waals surface area contributed by atoms with Crippen LogP contribution in [-0.2, 0) is 20.7 Å². The van der Waals surface area contributed by atoms with Crippen molar-refractivity contribution >= 4 is 11.9 Å². The number of aliphatic carboxylic acids is 1. The summed E-state index contributed by atoms with van der Waals surface area (Å²) in [6.45, 7) is -0.164. The molecule has 1 amide bonds. The highest BCUT2D eigenvalue weighted by Crippen LogP contribution is 2.19. The first-order chi connectivity index (χ1) is 9.47. The van der Waals surface area contributed by atoms with Gasteiger partial charge in [-0.2, -0.15) is 0 Å². The van der Waals surface area contributed by atoms with Gasteiger partial charge in [0, 0.05) is 12.7 Å². The molecule has 1 unspecified atom stereocenters. The third-order valence-electron chi connectivity index (χ3n) is 2.64. The van der Waals surface area contributed by atoms with Crippen molar-refractivity contribution in [3.8, 4) is 5.75 Å². The second kappa shape index (κ2) is 7.44. The predicted molar refractivity (Wildman–Crippen MR) is 68.1 cm³/mol. The summed E-state index contributed by atoms with van der Waals surface area (Å²) in [5.74, 6) is -1.70. The lowest BCUT2D eigenvalue weighted by Gasteiger charge is -2.12. The highest BCUT2D eigenvalue weighted by atomic mass is 19.1. The zero-order valence-corrected chi connectivity index (χ0v) is 11.2. The summed E-state index contributed by atoms with van der Waals surface area (Å²) in [5, 5.41) is 11.2. The zero-order valence-electron chi connectivity index (χ0n) is 11.2. The Kier molecular flexibility index (Phi) is 5.92. The average Bonchev–Trinajstić information content (AvgIpc) is 2.39. The number of carbonyl (C=O) groups is 2. The van der Waals surface area contributed by atoms with Gasteiger partial charge in [0.1, 0.15) is 11.6 Å². The maximum atomic E-state index is 13.1. The molecule has 0 spiro atoms. The number of methoxy groups -OCH3 is 2. The molecule has 0 aliphatic carbocycles. The first-order valence-electron chi connectivity index (χ1n) is 5.82. The van der Waals surface area contributed by atoms with Crippen LogP contribution in [0, 0.1) is 5.82 Å². The first kappa shape index (κ1) is 15.9. The van der Waals surface area contributed by atoms with Crippen molar-refractivity contribution < 1.29 is 28.6 Å². The van der Waals surface area contributed by atoms with Gasteiger partial charge >= 0.3 is 5.97 Å². The monoisotopic (exact) mass is 285 g/mol. The predicted octanol–water partition coefficient (Wildman–Crippen LogP) is 0.593. The molecule has 0 heterocycles. The van der Waals surface area contributed by atoms with Crippen molar-refractivity contribution in [2.24, 2.45) is 0 Å². The largest absolute Gasteiger partial charge is 0.496 e. The lowest BCUT2D eigenvalue weighted by Crippen LogP contribution is -2.38. The molecule has 0 saturated carbocycles. The Balaban J connectivity index is 2.62. The van der Waals surface area contributed by atoms with Gasteiger partial charge in [-0.3, -0.25) is 4.79 Å². The van der Waals surface area contributed by atoms with Gasteiger partial charge in [0.05, 0.1) is 20.1 Å². The number of benzene rings is 1. The molecule has 0 fully saturated rings. The van der Waals surface area contributed by atoms with Crippen LogP contribution in [0.5, 0.6) is 5.75 Å². The van der Waals surface area contributed by atoms with Crippen LogP contribution in [0.1, 0.15) is 5.56 Å². The summed E-state index contributed by atoms with van der Waals surface area (Å²) in [6.07, 6.45) is -1.23. The second-order valence-corrected chi connectivity index (χ2v) is 4.00. The molecule has 0 bridgehead atoms. The number of hydrogen-bond acceptors (Lipinski definition) is 4. The second-order valence-electron chi connectivity index (χ2n) is 4.00. The van der Waals surface area contributed by atoms with E-state index in [0.29, 0.717) is 11.3 Å². The fourth-order valence-corrected chi connectivity index (χ4v) is 1.60. The molecular weight excluding hydrogens is 269 g/mol. The van der Waals surface area contributed by atoms with E-state index in [2.05, 4.69) is 10.1 Å². The van der Waals surface area contributed by atoms with Crippen molar-refractivity contribution in [3.63, 3.8) is 0 Å². The quantitative estimate of drug-likeness (QED) is 0.766. The Bertz CT molecular complexity index is 492. The molecule has 0 aromatic heterocycles. The maximum Gasteiger partial charge on any atom is 0.334 e. The Labute approximate surface area is 115 Å². The molecule has 0 radical (unpaired) electrons. The van der Waals surface area contributed by atoms with Crippen molar-refractivity contribution in [3.05, 3.63) is 29.6 Å². The van der Waals surface area contributed by atoms with Crippen LogP contribution < -0.4 is 10.1 Å². The highest BCUT2D eigenvalue weighted by molar-refractivity contribution is 5.80. The van der Waals surface area contributed by atoms with Gasteiger partial charge in [0.25, 0.3) is 0 Å². The van der Waals surface area contributed by atoms with Crippen LogP contribution in [0.25, 0.3) is 0 Å². The molecule has 2 N–H and O–H groups in total. The van der Waals surface area contributed by atoms with Crippen LogP contribution in [0.2, 0.25) is 0 Å². The fraction of sp³-hybridized carbons (Fsp3) is 0.385. The number of amides is 1. The molecule has 0 saturated heterocycles.